The van der Waals surface area contributed by atoms with E-state index in [9.17, 15) is 27.5 Å². The van der Waals surface area contributed by atoms with Gasteiger partial charge in [0.25, 0.3) is 0 Å². The molecule has 2 atom stereocenters. The quantitative estimate of drug-likeness (QED) is 0.278. The second kappa shape index (κ2) is 8.70. The monoisotopic (exact) mass is 397 g/mol. The molecular weight excluding hydrogens is 370 g/mol. The minimum Gasteiger partial charge on any atom is -0.394 e. The van der Waals surface area contributed by atoms with Crippen LogP contribution >= 0.6 is 0 Å². The molecule has 0 aromatic rings. The summed E-state index contributed by atoms with van der Waals surface area (Å²) in [4.78, 5) is 16.6. The number of aliphatic imine (C=N–C) groups is 1. The maximum atomic E-state index is 13.3. The Balaban J connectivity index is 2.06. The van der Waals surface area contributed by atoms with E-state index in [2.05, 4.69) is 26.5 Å². The Kier molecular flexibility index (Phi) is 7.03. The van der Waals surface area contributed by atoms with E-state index in [4.69, 9.17) is 0 Å². The third-order valence-corrected chi connectivity index (χ3v) is 4.68. The maximum absolute atomic E-state index is 13.3. The van der Waals surface area contributed by atoms with Gasteiger partial charge in [-0.2, -0.15) is 13.2 Å². The zero-order chi connectivity index (χ0) is 20.2. The molecule has 7 nitrogen and oxygen atoms in total. The first kappa shape index (κ1) is 21.8. The van der Waals surface area contributed by atoms with Crippen molar-refractivity contribution in [2.45, 2.75) is 76.0 Å². The first-order valence-electron chi connectivity index (χ1n) is 9.00. The van der Waals surface area contributed by atoms with Crippen LogP contribution in [0.25, 0.3) is 0 Å². The highest BCUT2D eigenvalue weighted by Gasteiger charge is 2.44. The van der Waals surface area contributed by atoms with E-state index in [1.165, 1.54) is 0 Å². The third kappa shape index (κ3) is 6.58. The van der Waals surface area contributed by atoms with Crippen LogP contribution in [0.1, 0.15) is 46.0 Å². The summed E-state index contributed by atoms with van der Waals surface area (Å²) in [6, 6.07) is -1.74. The number of carbonyl (C=O) groups excluding carboxylic acids is 1. The number of amides is 1. The predicted octanol–water partition coefficient (Wildman–Crippen LogP) is 1.10. The van der Waals surface area contributed by atoms with E-state index < -0.39 is 30.1 Å². The molecule has 0 aromatic carbocycles. The van der Waals surface area contributed by atoms with Crippen molar-refractivity contribution in [1.29, 1.82) is 0 Å². The van der Waals surface area contributed by atoms with Crippen LogP contribution in [0, 0.1) is 5.92 Å². The molecule has 1 aliphatic heterocycles. The normalized spacial score (nSPS) is 30.3. The zero-order valence-corrected chi connectivity index (χ0v) is 15.4. The molecule has 0 radical (unpaired) electrons. The van der Waals surface area contributed by atoms with Gasteiger partial charge in [0, 0.05) is 12.3 Å². The summed E-state index contributed by atoms with van der Waals surface area (Å²) in [6.07, 6.45) is -5.13. The van der Waals surface area contributed by atoms with Crippen molar-refractivity contribution in [2.24, 2.45) is 10.9 Å². The van der Waals surface area contributed by atoms with Gasteiger partial charge in [-0.3, -0.25) is 10.1 Å². The Labute approximate surface area is 155 Å². The number of aliphatic hydroxyl groups is 1. The first-order valence-corrected chi connectivity index (χ1v) is 9.00. The van der Waals surface area contributed by atoms with E-state index in [0.29, 0.717) is 25.7 Å². The summed E-state index contributed by atoms with van der Waals surface area (Å²) >= 11 is 0. The number of alkyl halides is 4. The fourth-order valence-corrected chi connectivity index (χ4v) is 2.98. The molecule has 1 aliphatic carbocycles. The van der Waals surface area contributed by atoms with Gasteiger partial charge in [-0.05, 0) is 39.5 Å². The Morgan fingerprint density at radius 1 is 1.19 bits per heavy atom. The number of hydrazine groups is 1. The average molecular weight is 397 g/mol. The number of hydrogen-bond donors (Lipinski definition) is 5. The van der Waals surface area contributed by atoms with Gasteiger partial charge in [-0.15, -0.1) is 0 Å². The summed E-state index contributed by atoms with van der Waals surface area (Å²) in [7, 11) is 0. The van der Waals surface area contributed by atoms with Gasteiger partial charge in [0.15, 0.2) is 5.96 Å². The van der Waals surface area contributed by atoms with E-state index in [0.717, 1.165) is 0 Å². The first-order chi connectivity index (χ1) is 12.5. The molecule has 2 unspecified atom stereocenters. The lowest BCUT2D eigenvalue weighted by atomic mass is 9.87. The molecule has 2 aliphatic rings. The molecule has 2 rings (SSSR count). The number of guanidine groups is 1. The molecule has 2 fully saturated rings. The van der Waals surface area contributed by atoms with Gasteiger partial charge in [0.1, 0.15) is 18.4 Å². The van der Waals surface area contributed by atoms with Crippen molar-refractivity contribution in [1.82, 2.24) is 21.5 Å². The lowest BCUT2D eigenvalue weighted by Gasteiger charge is -2.28. The molecule has 1 amide bonds. The third-order valence-electron chi connectivity index (χ3n) is 4.68. The second-order valence-corrected chi connectivity index (χ2v) is 7.72. The van der Waals surface area contributed by atoms with E-state index in [1.807, 2.05) is 0 Å². The summed E-state index contributed by atoms with van der Waals surface area (Å²) in [5.41, 5.74) is 3.73. The minimum atomic E-state index is -4.41. The van der Waals surface area contributed by atoms with E-state index in [1.54, 1.807) is 13.8 Å². The predicted molar refractivity (Wildman–Crippen MR) is 91.3 cm³/mol. The molecule has 5 N–H and O–H groups in total. The van der Waals surface area contributed by atoms with Gasteiger partial charge in [0.05, 0.1) is 12.1 Å². The summed E-state index contributed by atoms with van der Waals surface area (Å²) in [6.45, 7) is 3.03. The van der Waals surface area contributed by atoms with Crippen molar-refractivity contribution in [3.05, 3.63) is 0 Å². The lowest BCUT2D eigenvalue weighted by molar-refractivity contribution is -0.153. The number of rotatable bonds is 4. The molecule has 0 spiro atoms. The van der Waals surface area contributed by atoms with Crippen molar-refractivity contribution in [3.63, 3.8) is 0 Å². The van der Waals surface area contributed by atoms with Crippen LogP contribution in [0.2, 0.25) is 0 Å². The van der Waals surface area contributed by atoms with Crippen LogP contribution in [0.5, 0.6) is 0 Å². The zero-order valence-electron chi connectivity index (χ0n) is 15.4. The number of hydrogen-bond acceptors (Lipinski definition) is 5. The van der Waals surface area contributed by atoms with E-state index in [-0.39, 0.29) is 30.8 Å². The summed E-state index contributed by atoms with van der Waals surface area (Å²) in [5, 5.41) is 14.9. The molecular formula is C16H27F4N5O2. The highest BCUT2D eigenvalue weighted by Crippen LogP contribution is 2.27. The maximum Gasteiger partial charge on any atom is 0.405 e. The van der Waals surface area contributed by atoms with Crippen molar-refractivity contribution < 1.29 is 27.5 Å². The molecule has 1 heterocycles. The standard InChI is InChI=1S/C16H27F4N5O2/c1-15(2,8-26)23-14(21-12-7-11(24-25-12)16(18,19)20)22-13(27)9-3-5-10(17)6-4-9/h9-12,24-26H,3-8H2,1-2H3,(H2,21,22,23,27). The Morgan fingerprint density at radius 3 is 2.33 bits per heavy atom. The molecule has 0 bridgehead atoms. The topological polar surface area (TPSA) is 97.8 Å². The fourth-order valence-electron chi connectivity index (χ4n) is 2.98. The molecule has 156 valence electrons. The smallest absolute Gasteiger partial charge is 0.394 e. The minimum absolute atomic E-state index is 0.0245. The second-order valence-electron chi connectivity index (χ2n) is 7.72. The average Bonchev–Trinajstić information content (AvgIpc) is 3.03. The van der Waals surface area contributed by atoms with Gasteiger partial charge in [-0.25, -0.2) is 20.2 Å². The van der Waals surface area contributed by atoms with Crippen LogP contribution in [-0.2, 0) is 4.79 Å². The Bertz CT molecular complexity index is 547. The number of nitrogens with zero attached hydrogens (tertiary/aromatic N) is 1. The Morgan fingerprint density at radius 2 is 1.81 bits per heavy atom. The van der Waals surface area contributed by atoms with Crippen molar-refractivity contribution >= 4 is 11.9 Å². The van der Waals surface area contributed by atoms with Crippen LogP contribution in [0.4, 0.5) is 17.6 Å². The van der Waals surface area contributed by atoms with Crippen molar-refractivity contribution in [2.75, 3.05) is 6.61 Å². The van der Waals surface area contributed by atoms with Gasteiger partial charge >= 0.3 is 6.18 Å². The number of nitrogens with one attached hydrogen (secondary N) is 4. The van der Waals surface area contributed by atoms with Gasteiger partial charge < -0.3 is 10.4 Å². The van der Waals surface area contributed by atoms with Crippen LogP contribution in [0.15, 0.2) is 4.99 Å². The van der Waals surface area contributed by atoms with E-state index >= 15 is 0 Å². The number of halogens is 4. The Hall–Kier alpha value is -1.46. The summed E-state index contributed by atoms with van der Waals surface area (Å²) in [5.74, 6) is -0.761. The molecule has 27 heavy (non-hydrogen) atoms. The molecule has 1 saturated carbocycles. The van der Waals surface area contributed by atoms with Gasteiger partial charge in [0.2, 0.25) is 5.91 Å². The molecule has 0 aromatic heterocycles. The number of aliphatic hydroxyl groups excluding tert-OH is 1. The van der Waals surface area contributed by atoms with Crippen LogP contribution < -0.4 is 21.5 Å². The summed E-state index contributed by atoms with van der Waals surface area (Å²) < 4.78 is 51.6. The number of carbonyl (C=O) groups is 1. The molecule has 11 heteroatoms. The van der Waals surface area contributed by atoms with Gasteiger partial charge in [-0.1, -0.05) is 0 Å². The SMILES string of the molecule is CC(C)(CO)N/C(=N\C1CC(C(F)(F)F)NN1)NC(=O)C1CCC(F)CC1. The largest absolute Gasteiger partial charge is 0.405 e. The van der Waals surface area contributed by atoms with Crippen LogP contribution in [0.3, 0.4) is 0 Å². The fraction of sp³-hybridized carbons (Fsp3) is 0.875. The van der Waals surface area contributed by atoms with Crippen LogP contribution in [-0.4, -0.2) is 53.7 Å². The lowest BCUT2D eigenvalue weighted by Crippen LogP contribution is -2.54. The molecule has 1 saturated heterocycles. The van der Waals surface area contributed by atoms with Crippen molar-refractivity contribution in [3.8, 4) is 0 Å². The highest BCUT2D eigenvalue weighted by molar-refractivity contribution is 5.98. The highest BCUT2D eigenvalue weighted by atomic mass is 19.4.